The van der Waals surface area contributed by atoms with E-state index in [1.165, 1.54) is 19.3 Å². The number of rotatable bonds is 2. The Morgan fingerprint density at radius 3 is 3.00 bits per heavy atom. The average Bonchev–Trinajstić information content (AvgIpc) is 2.73. The van der Waals surface area contributed by atoms with Crippen molar-refractivity contribution in [1.29, 1.82) is 0 Å². The summed E-state index contributed by atoms with van der Waals surface area (Å²) in [5.41, 5.74) is 8.72. The molecule has 1 aliphatic rings. The number of aliphatic hydroxyl groups excluding tert-OH is 1. The molecule has 4 heteroatoms. The number of benzene rings is 1. The number of pyridine rings is 1. The van der Waals surface area contributed by atoms with E-state index in [1.807, 2.05) is 12.1 Å². The van der Waals surface area contributed by atoms with E-state index in [4.69, 9.17) is 5.73 Å². The Balaban J connectivity index is 2.10. The Labute approximate surface area is 119 Å². The van der Waals surface area contributed by atoms with Crippen LogP contribution in [0.25, 0.3) is 10.9 Å². The fourth-order valence-electron chi connectivity index (χ4n) is 3.11. The molecule has 2 heterocycles. The van der Waals surface area contributed by atoms with Crippen molar-refractivity contribution in [2.45, 2.75) is 31.7 Å². The van der Waals surface area contributed by atoms with E-state index in [-0.39, 0.29) is 12.6 Å². The largest absolute Gasteiger partial charge is 0.397 e. The molecular formula is C16H21N3O. The first kappa shape index (κ1) is 13.2. The minimum Gasteiger partial charge on any atom is -0.397 e. The van der Waals surface area contributed by atoms with Gasteiger partial charge in [-0.1, -0.05) is 12.8 Å². The molecule has 1 aromatic heterocycles. The number of anilines is 2. The molecule has 0 saturated carbocycles. The van der Waals surface area contributed by atoms with E-state index in [0.717, 1.165) is 29.6 Å². The van der Waals surface area contributed by atoms with Gasteiger partial charge >= 0.3 is 0 Å². The summed E-state index contributed by atoms with van der Waals surface area (Å²) in [5, 5.41) is 10.8. The summed E-state index contributed by atoms with van der Waals surface area (Å²) in [5.74, 6) is 0. The number of nitrogens with two attached hydrogens (primary N) is 1. The van der Waals surface area contributed by atoms with Gasteiger partial charge in [0, 0.05) is 23.8 Å². The first-order valence-electron chi connectivity index (χ1n) is 7.32. The van der Waals surface area contributed by atoms with Crippen LogP contribution in [-0.2, 0) is 0 Å². The first-order chi connectivity index (χ1) is 9.81. The minimum atomic E-state index is 0.199. The highest BCUT2D eigenvalue weighted by molar-refractivity contribution is 5.98. The molecular weight excluding hydrogens is 250 g/mol. The number of aromatic nitrogens is 1. The number of fused-ring (bicyclic) bond motifs is 1. The van der Waals surface area contributed by atoms with E-state index < -0.39 is 0 Å². The second-order valence-electron chi connectivity index (χ2n) is 5.45. The van der Waals surface area contributed by atoms with Crippen LogP contribution in [0.5, 0.6) is 0 Å². The van der Waals surface area contributed by atoms with Crippen LogP contribution in [0.3, 0.4) is 0 Å². The standard InChI is InChI=1S/C16H21N3O/c17-14-7-8-15(13-6-4-9-18-16(13)14)19-10-3-1-2-5-12(19)11-20/h4,6-9,12,20H,1-3,5,10-11,17H2. The third-order valence-electron chi connectivity index (χ3n) is 4.18. The van der Waals surface area contributed by atoms with Gasteiger partial charge in [-0.05, 0) is 37.1 Å². The summed E-state index contributed by atoms with van der Waals surface area (Å²) < 4.78 is 0. The monoisotopic (exact) mass is 271 g/mol. The molecule has 3 rings (SSSR count). The SMILES string of the molecule is Nc1ccc(N2CCCCCC2CO)c2cccnc12. The Morgan fingerprint density at radius 1 is 1.25 bits per heavy atom. The first-order valence-corrected chi connectivity index (χ1v) is 7.32. The van der Waals surface area contributed by atoms with Crippen molar-refractivity contribution >= 4 is 22.3 Å². The second kappa shape index (κ2) is 5.67. The van der Waals surface area contributed by atoms with Crippen LogP contribution >= 0.6 is 0 Å². The van der Waals surface area contributed by atoms with Crippen molar-refractivity contribution < 1.29 is 5.11 Å². The maximum Gasteiger partial charge on any atom is 0.0951 e. The quantitative estimate of drug-likeness (QED) is 0.824. The lowest BCUT2D eigenvalue weighted by Gasteiger charge is -2.32. The molecule has 0 radical (unpaired) electrons. The molecule has 0 spiro atoms. The lowest BCUT2D eigenvalue weighted by molar-refractivity contribution is 0.255. The molecule has 1 unspecified atom stereocenters. The zero-order chi connectivity index (χ0) is 13.9. The smallest absolute Gasteiger partial charge is 0.0951 e. The zero-order valence-electron chi connectivity index (χ0n) is 11.6. The Bertz CT molecular complexity index is 599. The Morgan fingerprint density at radius 2 is 2.15 bits per heavy atom. The third kappa shape index (κ3) is 2.31. The molecule has 1 aliphatic heterocycles. The summed E-state index contributed by atoms with van der Waals surface area (Å²) in [6.07, 6.45) is 6.41. The molecule has 1 saturated heterocycles. The molecule has 4 nitrogen and oxygen atoms in total. The van der Waals surface area contributed by atoms with Gasteiger partial charge in [-0.3, -0.25) is 4.98 Å². The predicted molar refractivity (Wildman–Crippen MR) is 82.8 cm³/mol. The van der Waals surface area contributed by atoms with Crippen molar-refractivity contribution in [2.24, 2.45) is 0 Å². The molecule has 106 valence electrons. The highest BCUT2D eigenvalue weighted by atomic mass is 16.3. The number of aliphatic hydroxyl groups is 1. The molecule has 1 fully saturated rings. The summed E-state index contributed by atoms with van der Waals surface area (Å²) in [4.78, 5) is 6.73. The van der Waals surface area contributed by atoms with Crippen LogP contribution in [0.4, 0.5) is 11.4 Å². The van der Waals surface area contributed by atoms with Crippen LogP contribution < -0.4 is 10.6 Å². The van der Waals surface area contributed by atoms with Gasteiger partial charge in [0.25, 0.3) is 0 Å². The van der Waals surface area contributed by atoms with Gasteiger partial charge in [-0.25, -0.2) is 0 Å². The maximum absolute atomic E-state index is 9.69. The van der Waals surface area contributed by atoms with Gasteiger partial charge in [0.1, 0.15) is 0 Å². The highest BCUT2D eigenvalue weighted by Gasteiger charge is 2.22. The number of hydrogen-bond acceptors (Lipinski definition) is 4. The number of hydrogen-bond donors (Lipinski definition) is 2. The van der Waals surface area contributed by atoms with Crippen LogP contribution in [0.1, 0.15) is 25.7 Å². The van der Waals surface area contributed by atoms with Gasteiger partial charge in [0.15, 0.2) is 0 Å². The van der Waals surface area contributed by atoms with Gasteiger partial charge in [0.05, 0.1) is 23.9 Å². The van der Waals surface area contributed by atoms with Crippen LogP contribution in [0, 0.1) is 0 Å². The van der Waals surface area contributed by atoms with E-state index in [0.29, 0.717) is 5.69 Å². The lowest BCUT2D eigenvalue weighted by Crippen LogP contribution is -2.37. The van der Waals surface area contributed by atoms with Gasteiger partial charge in [-0.2, -0.15) is 0 Å². The summed E-state index contributed by atoms with van der Waals surface area (Å²) in [6, 6.07) is 8.19. The molecule has 0 bridgehead atoms. The summed E-state index contributed by atoms with van der Waals surface area (Å²) >= 11 is 0. The van der Waals surface area contributed by atoms with Crippen LogP contribution in [0.2, 0.25) is 0 Å². The predicted octanol–water partition coefficient (Wildman–Crippen LogP) is 2.56. The average molecular weight is 271 g/mol. The topological polar surface area (TPSA) is 62.4 Å². The Kier molecular flexibility index (Phi) is 3.74. The minimum absolute atomic E-state index is 0.199. The molecule has 0 amide bonds. The summed E-state index contributed by atoms with van der Waals surface area (Å²) in [6.45, 7) is 1.19. The van der Waals surface area contributed by atoms with Gasteiger partial charge in [-0.15, -0.1) is 0 Å². The molecule has 1 aromatic carbocycles. The Hall–Kier alpha value is -1.81. The van der Waals surface area contributed by atoms with Gasteiger partial charge in [0.2, 0.25) is 0 Å². The lowest BCUT2D eigenvalue weighted by atomic mass is 10.1. The molecule has 20 heavy (non-hydrogen) atoms. The fourth-order valence-corrected chi connectivity index (χ4v) is 3.11. The molecule has 3 N–H and O–H groups in total. The van der Waals surface area contributed by atoms with Crippen molar-refractivity contribution in [3.63, 3.8) is 0 Å². The molecule has 0 aliphatic carbocycles. The second-order valence-corrected chi connectivity index (χ2v) is 5.45. The van der Waals surface area contributed by atoms with Crippen molar-refractivity contribution in [3.05, 3.63) is 30.5 Å². The number of nitrogens with zero attached hydrogens (tertiary/aromatic N) is 2. The fraction of sp³-hybridized carbons (Fsp3) is 0.438. The molecule has 2 aromatic rings. The molecule has 1 atom stereocenters. The van der Waals surface area contributed by atoms with E-state index in [1.54, 1.807) is 6.20 Å². The van der Waals surface area contributed by atoms with E-state index >= 15 is 0 Å². The van der Waals surface area contributed by atoms with Gasteiger partial charge < -0.3 is 15.7 Å². The normalized spacial score (nSPS) is 20.1. The highest BCUT2D eigenvalue weighted by Crippen LogP contribution is 2.32. The summed E-state index contributed by atoms with van der Waals surface area (Å²) in [7, 11) is 0. The van der Waals surface area contributed by atoms with Crippen molar-refractivity contribution in [2.75, 3.05) is 23.8 Å². The van der Waals surface area contributed by atoms with E-state index in [2.05, 4.69) is 22.0 Å². The maximum atomic E-state index is 9.69. The van der Waals surface area contributed by atoms with E-state index in [9.17, 15) is 5.11 Å². The zero-order valence-corrected chi connectivity index (χ0v) is 11.6. The van der Waals surface area contributed by atoms with Crippen molar-refractivity contribution in [1.82, 2.24) is 4.98 Å². The number of nitrogen functional groups attached to an aromatic ring is 1. The van der Waals surface area contributed by atoms with Crippen molar-refractivity contribution in [3.8, 4) is 0 Å². The van der Waals surface area contributed by atoms with Crippen LogP contribution in [-0.4, -0.2) is 29.3 Å². The third-order valence-corrected chi connectivity index (χ3v) is 4.18. The van der Waals surface area contributed by atoms with Crippen LogP contribution in [0.15, 0.2) is 30.5 Å².